The normalized spacial score (nSPS) is 23.2. The fourth-order valence-electron chi connectivity index (χ4n) is 1.17. The molecule has 78 valence electrons. The second kappa shape index (κ2) is 4.24. The van der Waals surface area contributed by atoms with Crippen LogP contribution in [0.3, 0.4) is 0 Å². The predicted molar refractivity (Wildman–Crippen MR) is 63.7 cm³/mol. The van der Waals surface area contributed by atoms with Crippen molar-refractivity contribution in [2.75, 3.05) is 0 Å². The molecule has 1 N–H and O–H groups in total. The molecule has 3 nitrogen and oxygen atoms in total. The lowest BCUT2D eigenvalue weighted by Crippen LogP contribution is -2.23. The monoisotopic (exact) mass is 240 g/mol. The highest BCUT2D eigenvalue weighted by Gasteiger charge is 2.25. The van der Waals surface area contributed by atoms with Crippen LogP contribution in [-0.4, -0.2) is 16.3 Å². The standard InChI is InChI=1S/C10H9ClN2OS/c1-6-9(14)13-10(15-6)12-8-4-2-3-7(11)5-8/h2-6H,1H3,(H,12,13,14)/t6-/m1/s1. The number of thioether (sulfide) groups is 1. The molecule has 1 aliphatic rings. The number of nitrogens with one attached hydrogen (secondary N) is 1. The van der Waals surface area contributed by atoms with E-state index in [0.717, 1.165) is 5.69 Å². The minimum absolute atomic E-state index is 0.000720. The van der Waals surface area contributed by atoms with Crippen molar-refractivity contribution in [2.45, 2.75) is 12.2 Å². The van der Waals surface area contributed by atoms with Gasteiger partial charge in [0.15, 0.2) is 5.17 Å². The molecular formula is C10H9ClN2OS. The summed E-state index contributed by atoms with van der Waals surface area (Å²) in [5.41, 5.74) is 0.749. The number of hydrogen-bond acceptors (Lipinski definition) is 3. The summed E-state index contributed by atoms with van der Waals surface area (Å²) in [5, 5.41) is 3.91. The maximum Gasteiger partial charge on any atom is 0.239 e. The van der Waals surface area contributed by atoms with E-state index in [2.05, 4.69) is 10.3 Å². The summed E-state index contributed by atoms with van der Waals surface area (Å²) in [6, 6.07) is 7.21. The number of benzene rings is 1. The zero-order valence-electron chi connectivity index (χ0n) is 8.03. The Kier molecular flexibility index (Phi) is 2.98. The molecule has 5 heteroatoms. The second-order valence-electron chi connectivity index (χ2n) is 3.15. The Labute approximate surface area is 96.9 Å². The maximum absolute atomic E-state index is 11.2. The molecule has 1 aromatic rings. The molecule has 15 heavy (non-hydrogen) atoms. The van der Waals surface area contributed by atoms with Gasteiger partial charge < -0.3 is 5.32 Å². The lowest BCUT2D eigenvalue weighted by atomic mass is 10.3. The number of hydrogen-bond donors (Lipinski definition) is 1. The van der Waals surface area contributed by atoms with Crippen molar-refractivity contribution < 1.29 is 4.79 Å². The lowest BCUT2D eigenvalue weighted by molar-refractivity contribution is -0.118. The third-order valence-electron chi connectivity index (χ3n) is 1.93. The van der Waals surface area contributed by atoms with E-state index in [0.29, 0.717) is 10.2 Å². The number of carbonyl (C=O) groups excluding carboxylic acids is 1. The van der Waals surface area contributed by atoms with Gasteiger partial charge in [0.05, 0.1) is 10.9 Å². The SMILES string of the molecule is C[C@H]1SC(=Nc2cccc(Cl)c2)NC1=O. The molecule has 0 bridgehead atoms. The van der Waals surface area contributed by atoms with Crippen LogP contribution in [0.2, 0.25) is 5.02 Å². The van der Waals surface area contributed by atoms with Crippen molar-refractivity contribution in [1.29, 1.82) is 0 Å². The number of halogens is 1. The van der Waals surface area contributed by atoms with E-state index in [9.17, 15) is 4.79 Å². The molecular weight excluding hydrogens is 232 g/mol. The molecule has 1 aliphatic heterocycles. The van der Waals surface area contributed by atoms with Gasteiger partial charge in [-0.3, -0.25) is 4.79 Å². The Bertz CT molecular complexity index is 433. The summed E-state index contributed by atoms with van der Waals surface area (Å²) in [5.74, 6) is 0.000720. The summed E-state index contributed by atoms with van der Waals surface area (Å²) in [4.78, 5) is 15.5. The molecule has 0 aliphatic carbocycles. The molecule has 0 aromatic heterocycles. The van der Waals surface area contributed by atoms with Crippen molar-refractivity contribution in [2.24, 2.45) is 4.99 Å². The van der Waals surface area contributed by atoms with E-state index >= 15 is 0 Å². The molecule has 1 atom stereocenters. The minimum atomic E-state index is -0.0667. The fourth-order valence-corrected chi connectivity index (χ4v) is 2.18. The highest BCUT2D eigenvalue weighted by Crippen LogP contribution is 2.23. The van der Waals surface area contributed by atoms with Gasteiger partial charge in [0.2, 0.25) is 5.91 Å². The van der Waals surface area contributed by atoms with E-state index in [4.69, 9.17) is 11.6 Å². The third kappa shape index (κ3) is 2.52. The predicted octanol–water partition coefficient (Wildman–Crippen LogP) is 2.58. The van der Waals surface area contributed by atoms with Crippen molar-refractivity contribution >= 4 is 40.1 Å². The Morgan fingerprint density at radius 3 is 2.93 bits per heavy atom. The van der Waals surface area contributed by atoms with Crippen LogP contribution in [0.25, 0.3) is 0 Å². The molecule has 1 aromatic carbocycles. The summed E-state index contributed by atoms with van der Waals surface area (Å²) < 4.78 is 0. The van der Waals surface area contributed by atoms with Crippen LogP contribution in [-0.2, 0) is 4.79 Å². The molecule has 1 fully saturated rings. The van der Waals surface area contributed by atoms with Gasteiger partial charge >= 0.3 is 0 Å². The highest BCUT2D eigenvalue weighted by molar-refractivity contribution is 8.15. The molecule has 0 spiro atoms. The zero-order valence-corrected chi connectivity index (χ0v) is 9.60. The molecule has 0 saturated carbocycles. The molecule has 0 radical (unpaired) electrons. The Hall–Kier alpha value is -1.00. The first-order valence-electron chi connectivity index (χ1n) is 4.47. The van der Waals surface area contributed by atoms with E-state index in [1.807, 2.05) is 19.1 Å². The van der Waals surface area contributed by atoms with Gasteiger partial charge in [-0.1, -0.05) is 29.4 Å². The molecule has 1 amide bonds. The molecule has 1 heterocycles. The van der Waals surface area contributed by atoms with Crippen LogP contribution in [0.15, 0.2) is 29.3 Å². The first-order chi connectivity index (χ1) is 7.15. The summed E-state index contributed by atoms with van der Waals surface area (Å²) in [6.45, 7) is 1.85. The lowest BCUT2D eigenvalue weighted by Gasteiger charge is -1.96. The van der Waals surface area contributed by atoms with Gasteiger partial charge in [-0.05, 0) is 25.1 Å². The Morgan fingerprint density at radius 1 is 1.53 bits per heavy atom. The fraction of sp³-hybridized carbons (Fsp3) is 0.200. The number of rotatable bonds is 1. The van der Waals surface area contributed by atoms with Crippen molar-refractivity contribution in [3.8, 4) is 0 Å². The molecule has 1 saturated heterocycles. The van der Waals surface area contributed by atoms with Crippen LogP contribution >= 0.6 is 23.4 Å². The van der Waals surface area contributed by atoms with E-state index in [1.165, 1.54) is 11.8 Å². The van der Waals surface area contributed by atoms with Gasteiger partial charge in [0, 0.05) is 5.02 Å². The van der Waals surface area contributed by atoms with Crippen molar-refractivity contribution in [1.82, 2.24) is 5.32 Å². The maximum atomic E-state index is 11.2. The number of amidine groups is 1. The van der Waals surface area contributed by atoms with Crippen LogP contribution in [0.1, 0.15) is 6.92 Å². The average Bonchev–Trinajstić information content (AvgIpc) is 2.45. The molecule has 0 unspecified atom stereocenters. The van der Waals surface area contributed by atoms with E-state index < -0.39 is 0 Å². The van der Waals surface area contributed by atoms with E-state index in [-0.39, 0.29) is 11.2 Å². The number of carbonyl (C=O) groups is 1. The van der Waals surface area contributed by atoms with Gasteiger partial charge in [0.25, 0.3) is 0 Å². The quantitative estimate of drug-likeness (QED) is 0.820. The number of nitrogens with zero attached hydrogens (tertiary/aromatic N) is 1. The third-order valence-corrected chi connectivity index (χ3v) is 3.15. The van der Waals surface area contributed by atoms with Crippen molar-refractivity contribution in [3.05, 3.63) is 29.3 Å². The van der Waals surface area contributed by atoms with Crippen LogP contribution in [0.5, 0.6) is 0 Å². The average molecular weight is 241 g/mol. The van der Waals surface area contributed by atoms with E-state index in [1.54, 1.807) is 12.1 Å². The smallest absolute Gasteiger partial charge is 0.239 e. The first-order valence-corrected chi connectivity index (χ1v) is 5.73. The summed E-state index contributed by atoms with van der Waals surface area (Å²) in [6.07, 6.45) is 0. The second-order valence-corrected chi connectivity index (χ2v) is 4.91. The molecule has 2 rings (SSSR count). The number of amides is 1. The van der Waals surface area contributed by atoms with Crippen LogP contribution in [0, 0.1) is 0 Å². The van der Waals surface area contributed by atoms with Crippen molar-refractivity contribution in [3.63, 3.8) is 0 Å². The summed E-state index contributed by atoms with van der Waals surface area (Å²) >= 11 is 7.24. The minimum Gasteiger partial charge on any atom is -0.304 e. The van der Waals surface area contributed by atoms with Gasteiger partial charge in [-0.15, -0.1) is 0 Å². The Morgan fingerprint density at radius 2 is 2.33 bits per heavy atom. The highest BCUT2D eigenvalue weighted by atomic mass is 35.5. The van der Waals surface area contributed by atoms with Crippen LogP contribution in [0.4, 0.5) is 5.69 Å². The largest absolute Gasteiger partial charge is 0.304 e. The van der Waals surface area contributed by atoms with Gasteiger partial charge in [-0.2, -0.15) is 0 Å². The first kappa shape index (κ1) is 10.5. The number of aliphatic imine (C=N–C) groups is 1. The van der Waals surface area contributed by atoms with Crippen LogP contribution < -0.4 is 5.32 Å². The summed E-state index contributed by atoms with van der Waals surface area (Å²) in [7, 11) is 0. The topological polar surface area (TPSA) is 41.5 Å². The van der Waals surface area contributed by atoms with Gasteiger partial charge in [0.1, 0.15) is 0 Å². The zero-order chi connectivity index (χ0) is 10.8. The Balaban J connectivity index is 2.21. The van der Waals surface area contributed by atoms with Gasteiger partial charge in [-0.25, -0.2) is 4.99 Å².